The first-order valence-electron chi connectivity index (χ1n) is 3.74. The monoisotopic (exact) mass is 383 g/mol. The van der Waals surface area contributed by atoms with E-state index >= 15 is 0 Å². The van der Waals surface area contributed by atoms with Crippen LogP contribution in [0, 0.1) is 3.57 Å². The predicted molar refractivity (Wildman–Crippen MR) is 61.5 cm³/mol. The molecule has 0 atom stereocenters. The molecule has 0 bridgehead atoms. The number of rotatable bonds is 3. The Kier molecular flexibility index (Phi) is 4.29. The third kappa shape index (κ3) is 2.92. The van der Waals surface area contributed by atoms with Gasteiger partial charge in [-0.25, -0.2) is 17.2 Å². The van der Waals surface area contributed by atoms with Gasteiger partial charge < -0.3 is 4.74 Å². The third-order valence-electron chi connectivity index (χ3n) is 1.60. The van der Waals surface area contributed by atoms with Gasteiger partial charge in [0.15, 0.2) is 5.03 Å². The molecule has 1 heterocycles. The van der Waals surface area contributed by atoms with Crippen LogP contribution in [0.15, 0.2) is 11.1 Å². The molecule has 0 aromatic carbocycles. The lowest BCUT2D eigenvalue weighted by Crippen LogP contribution is -2.05. The van der Waals surface area contributed by atoms with E-state index in [2.05, 4.69) is 4.98 Å². The van der Waals surface area contributed by atoms with E-state index in [9.17, 15) is 17.2 Å². The van der Waals surface area contributed by atoms with Crippen LogP contribution in [0.5, 0.6) is 5.88 Å². The van der Waals surface area contributed by atoms with Crippen molar-refractivity contribution < 1.29 is 21.9 Å². The summed E-state index contributed by atoms with van der Waals surface area (Å²) in [6.07, 6.45) is -2.98. The Morgan fingerprint density at radius 2 is 2.12 bits per heavy atom. The van der Waals surface area contributed by atoms with Crippen LogP contribution in [-0.2, 0) is 9.05 Å². The van der Waals surface area contributed by atoms with E-state index in [4.69, 9.17) is 15.4 Å². The van der Waals surface area contributed by atoms with Crippen LogP contribution in [0.3, 0.4) is 0 Å². The molecule has 0 aliphatic carbocycles. The van der Waals surface area contributed by atoms with Crippen molar-refractivity contribution in [3.05, 3.63) is 15.2 Å². The van der Waals surface area contributed by atoms with Crippen molar-refractivity contribution >= 4 is 42.3 Å². The van der Waals surface area contributed by atoms with E-state index < -0.39 is 26.1 Å². The second-order valence-electron chi connectivity index (χ2n) is 2.61. The molecular formula is C7H5ClF2INO3S. The number of alkyl halides is 2. The van der Waals surface area contributed by atoms with Gasteiger partial charge in [0.25, 0.3) is 15.5 Å². The van der Waals surface area contributed by atoms with Crippen molar-refractivity contribution in [2.24, 2.45) is 0 Å². The van der Waals surface area contributed by atoms with Crippen molar-refractivity contribution in [2.75, 3.05) is 7.11 Å². The first-order valence-corrected chi connectivity index (χ1v) is 7.13. The Hall–Kier alpha value is -0.220. The molecule has 1 aromatic rings. The van der Waals surface area contributed by atoms with Gasteiger partial charge in [-0.3, -0.25) is 0 Å². The van der Waals surface area contributed by atoms with Crippen molar-refractivity contribution in [3.8, 4) is 5.88 Å². The number of nitrogens with zero attached hydrogens (tertiary/aromatic N) is 1. The van der Waals surface area contributed by atoms with E-state index in [-0.39, 0.29) is 9.45 Å². The van der Waals surface area contributed by atoms with Crippen molar-refractivity contribution in [1.82, 2.24) is 4.98 Å². The first kappa shape index (κ1) is 13.8. The lowest BCUT2D eigenvalue weighted by Gasteiger charge is -2.08. The highest BCUT2D eigenvalue weighted by molar-refractivity contribution is 14.1. The second kappa shape index (κ2) is 4.96. The fourth-order valence-corrected chi connectivity index (χ4v) is 2.63. The summed E-state index contributed by atoms with van der Waals surface area (Å²) in [7, 11) is 1.92. The summed E-state index contributed by atoms with van der Waals surface area (Å²) < 4.78 is 52.2. The molecule has 90 valence electrons. The number of aromatic nitrogens is 1. The Morgan fingerprint density at radius 1 is 1.56 bits per heavy atom. The smallest absolute Gasteiger partial charge is 0.279 e. The molecule has 0 saturated heterocycles. The number of hydrogen-bond donors (Lipinski definition) is 0. The number of pyridine rings is 1. The van der Waals surface area contributed by atoms with Gasteiger partial charge in [0.1, 0.15) is 0 Å². The molecular weight excluding hydrogens is 379 g/mol. The minimum Gasteiger partial charge on any atom is -0.480 e. The van der Waals surface area contributed by atoms with Crippen LogP contribution >= 0.6 is 33.3 Å². The minimum atomic E-state index is -4.33. The molecule has 9 heteroatoms. The highest BCUT2D eigenvalue weighted by Gasteiger charge is 2.26. The zero-order valence-electron chi connectivity index (χ0n) is 7.75. The van der Waals surface area contributed by atoms with Gasteiger partial charge in [0, 0.05) is 10.7 Å². The maximum absolute atomic E-state index is 12.6. The summed E-state index contributed by atoms with van der Waals surface area (Å²) >= 11 is 1.71. The van der Waals surface area contributed by atoms with Gasteiger partial charge in [0.05, 0.1) is 16.2 Å². The summed E-state index contributed by atoms with van der Waals surface area (Å²) in [6, 6.07) is 0.978. The Balaban J connectivity index is 3.56. The normalized spacial score (nSPS) is 11.9. The van der Waals surface area contributed by atoms with Gasteiger partial charge in [-0.05, 0) is 28.7 Å². The van der Waals surface area contributed by atoms with Gasteiger partial charge in [-0.1, -0.05) is 0 Å². The number of methoxy groups -OCH3 is 1. The largest absolute Gasteiger partial charge is 0.480 e. The molecule has 16 heavy (non-hydrogen) atoms. The zero-order valence-corrected chi connectivity index (χ0v) is 11.5. The highest BCUT2D eigenvalue weighted by atomic mass is 127. The van der Waals surface area contributed by atoms with Crippen LogP contribution < -0.4 is 4.74 Å². The molecule has 0 N–H and O–H groups in total. The van der Waals surface area contributed by atoms with Crippen LogP contribution in [0.25, 0.3) is 0 Å². The molecule has 0 saturated carbocycles. The van der Waals surface area contributed by atoms with Crippen LogP contribution in [-0.4, -0.2) is 20.5 Å². The summed E-state index contributed by atoms with van der Waals surface area (Å²) in [5, 5.41) is -0.874. The number of ether oxygens (including phenoxy) is 1. The van der Waals surface area contributed by atoms with Gasteiger partial charge in [0.2, 0.25) is 5.88 Å². The maximum atomic E-state index is 12.6. The first-order chi connectivity index (χ1) is 7.27. The zero-order chi connectivity index (χ0) is 12.5. The fourth-order valence-electron chi connectivity index (χ4n) is 0.965. The standard InChI is InChI=1S/C7H5ClF2INO3S/c1-15-6-4(11)2-3(5(9)10)7(12-6)16(8,13)14/h2,5H,1H3. The second-order valence-corrected chi connectivity index (χ2v) is 6.26. The number of halogens is 4. The Labute approximate surface area is 109 Å². The van der Waals surface area contributed by atoms with E-state index in [1.54, 1.807) is 22.6 Å². The SMILES string of the molecule is COc1nc(S(=O)(=O)Cl)c(C(F)F)cc1I. The minimum absolute atomic E-state index is 0.0655. The molecule has 1 aromatic heterocycles. The lowest BCUT2D eigenvalue weighted by molar-refractivity contribution is 0.146. The summed E-state index contributed by atoms with van der Waals surface area (Å²) in [4.78, 5) is 3.45. The topological polar surface area (TPSA) is 56.3 Å². The fraction of sp³-hybridized carbons (Fsp3) is 0.286. The average molecular weight is 384 g/mol. The molecule has 1 rings (SSSR count). The molecule has 0 amide bonds. The lowest BCUT2D eigenvalue weighted by atomic mass is 10.3. The molecule has 0 spiro atoms. The predicted octanol–water partition coefficient (Wildman–Crippen LogP) is 2.56. The molecule has 0 unspecified atom stereocenters. The van der Waals surface area contributed by atoms with Crippen molar-refractivity contribution in [1.29, 1.82) is 0 Å². The van der Waals surface area contributed by atoms with Crippen molar-refractivity contribution in [2.45, 2.75) is 11.5 Å². The van der Waals surface area contributed by atoms with Gasteiger partial charge >= 0.3 is 0 Å². The average Bonchev–Trinajstić information content (AvgIpc) is 2.15. The Morgan fingerprint density at radius 3 is 2.50 bits per heavy atom. The van der Waals surface area contributed by atoms with Crippen LogP contribution in [0.4, 0.5) is 8.78 Å². The summed E-state index contributed by atoms with van der Waals surface area (Å²) in [6.45, 7) is 0. The summed E-state index contributed by atoms with van der Waals surface area (Å²) in [5.74, 6) is -0.0655. The Bertz CT molecular complexity index is 509. The highest BCUT2D eigenvalue weighted by Crippen LogP contribution is 2.32. The van der Waals surface area contributed by atoms with Gasteiger partial charge in [-0.2, -0.15) is 4.98 Å². The van der Waals surface area contributed by atoms with E-state index in [0.717, 1.165) is 6.07 Å². The molecule has 4 nitrogen and oxygen atoms in total. The number of hydrogen-bond acceptors (Lipinski definition) is 4. The van der Waals surface area contributed by atoms with Gasteiger partial charge in [-0.15, -0.1) is 0 Å². The van der Waals surface area contributed by atoms with Crippen LogP contribution in [0.1, 0.15) is 12.0 Å². The third-order valence-corrected chi connectivity index (χ3v) is 3.60. The molecule has 0 fully saturated rings. The van der Waals surface area contributed by atoms with Crippen molar-refractivity contribution in [3.63, 3.8) is 0 Å². The summed E-state index contributed by atoms with van der Waals surface area (Å²) in [5.41, 5.74) is -0.736. The molecule has 0 radical (unpaired) electrons. The van der Waals surface area contributed by atoms with E-state index in [1.807, 2.05) is 0 Å². The quantitative estimate of drug-likeness (QED) is 0.595. The van der Waals surface area contributed by atoms with E-state index in [1.165, 1.54) is 7.11 Å². The molecule has 0 aliphatic rings. The maximum Gasteiger partial charge on any atom is 0.279 e. The van der Waals surface area contributed by atoms with Crippen LogP contribution in [0.2, 0.25) is 0 Å². The molecule has 0 aliphatic heterocycles. The van der Waals surface area contributed by atoms with E-state index in [0.29, 0.717) is 0 Å².